The zero-order valence-corrected chi connectivity index (χ0v) is 15.3. The number of rotatable bonds is 1. The molecule has 27 heavy (non-hydrogen) atoms. The lowest BCUT2D eigenvalue weighted by Crippen LogP contribution is -2.20. The molecule has 0 saturated heterocycles. The SMILES string of the molecule is O=P1(c2ccccc2)c2ccccc2-c2c1ccc1c2oc2ccccc21. The monoisotopic (exact) mass is 366 g/mol. The molecule has 0 bridgehead atoms. The van der Waals surface area contributed by atoms with Gasteiger partial charge in [0.15, 0.2) is 7.14 Å². The first kappa shape index (κ1) is 15.0. The van der Waals surface area contributed by atoms with Gasteiger partial charge in [-0.3, -0.25) is 0 Å². The Morgan fingerprint density at radius 1 is 0.630 bits per heavy atom. The summed E-state index contributed by atoms with van der Waals surface area (Å²) in [7, 11) is -2.91. The van der Waals surface area contributed by atoms with E-state index in [9.17, 15) is 4.57 Å². The molecule has 3 heteroatoms. The lowest BCUT2D eigenvalue weighted by Gasteiger charge is -2.15. The van der Waals surface area contributed by atoms with E-state index in [1.807, 2.05) is 72.8 Å². The predicted molar refractivity (Wildman–Crippen MR) is 112 cm³/mol. The van der Waals surface area contributed by atoms with Crippen LogP contribution < -0.4 is 15.9 Å². The molecule has 0 fully saturated rings. The molecule has 0 radical (unpaired) electrons. The normalized spacial score (nSPS) is 17.9. The molecular weight excluding hydrogens is 351 g/mol. The minimum absolute atomic E-state index is 0.829. The van der Waals surface area contributed by atoms with Crippen molar-refractivity contribution in [2.45, 2.75) is 0 Å². The minimum Gasteiger partial charge on any atom is -0.455 e. The molecule has 5 aromatic rings. The van der Waals surface area contributed by atoms with E-state index >= 15 is 0 Å². The van der Waals surface area contributed by atoms with Gasteiger partial charge in [-0.1, -0.05) is 72.8 Å². The van der Waals surface area contributed by atoms with Crippen molar-refractivity contribution >= 4 is 45.0 Å². The van der Waals surface area contributed by atoms with Crippen molar-refractivity contribution in [3.63, 3.8) is 0 Å². The molecule has 1 aliphatic rings. The van der Waals surface area contributed by atoms with Gasteiger partial charge < -0.3 is 8.98 Å². The topological polar surface area (TPSA) is 30.2 Å². The molecule has 0 amide bonds. The van der Waals surface area contributed by atoms with Crippen LogP contribution >= 0.6 is 7.14 Å². The minimum atomic E-state index is -2.91. The molecule has 2 heterocycles. The van der Waals surface area contributed by atoms with Crippen molar-refractivity contribution in [2.75, 3.05) is 0 Å². The highest BCUT2D eigenvalue weighted by Gasteiger charge is 2.41. The van der Waals surface area contributed by atoms with E-state index in [4.69, 9.17) is 4.42 Å². The summed E-state index contributed by atoms with van der Waals surface area (Å²) in [6, 6.07) is 30.0. The fourth-order valence-corrected chi connectivity index (χ4v) is 7.36. The Hall–Kier alpha value is -3.09. The van der Waals surface area contributed by atoms with Gasteiger partial charge in [0.1, 0.15) is 11.2 Å². The van der Waals surface area contributed by atoms with Crippen LogP contribution in [0.2, 0.25) is 0 Å². The van der Waals surface area contributed by atoms with Gasteiger partial charge in [0.25, 0.3) is 0 Å². The lowest BCUT2D eigenvalue weighted by atomic mass is 10.0. The van der Waals surface area contributed by atoms with E-state index in [-0.39, 0.29) is 0 Å². The van der Waals surface area contributed by atoms with Crippen LogP contribution in [-0.2, 0) is 4.57 Å². The quantitative estimate of drug-likeness (QED) is 0.374. The zero-order chi connectivity index (χ0) is 18.0. The van der Waals surface area contributed by atoms with Crippen LogP contribution in [0.3, 0.4) is 0 Å². The molecule has 0 spiro atoms. The van der Waals surface area contributed by atoms with Gasteiger partial charge in [-0.05, 0) is 23.8 Å². The second-order valence-electron chi connectivity index (χ2n) is 6.90. The molecule has 0 saturated carbocycles. The largest absolute Gasteiger partial charge is 0.455 e. The van der Waals surface area contributed by atoms with E-state index in [2.05, 4.69) is 18.2 Å². The molecule has 1 aliphatic heterocycles. The van der Waals surface area contributed by atoms with E-state index in [0.29, 0.717) is 0 Å². The number of hydrogen-bond donors (Lipinski definition) is 0. The van der Waals surface area contributed by atoms with Crippen molar-refractivity contribution in [2.24, 2.45) is 0 Å². The molecule has 1 atom stereocenters. The fraction of sp³-hybridized carbons (Fsp3) is 0. The summed E-state index contributed by atoms with van der Waals surface area (Å²) < 4.78 is 20.7. The van der Waals surface area contributed by atoms with Gasteiger partial charge >= 0.3 is 0 Å². The smallest absolute Gasteiger partial charge is 0.172 e. The maximum Gasteiger partial charge on any atom is 0.172 e. The molecule has 4 aromatic carbocycles. The molecule has 0 N–H and O–H groups in total. The summed E-state index contributed by atoms with van der Waals surface area (Å²) in [5, 5.41) is 4.81. The fourth-order valence-electron chi connectivity index (χ4n) is 4.31. The highest BCUT2D eigenvalue weighted by atomic mass is 31.2. The maximum absolute atomic E-state index is 14.5. The third-order valence-electron chi connectivity index (χ3n) is 5.50. The molecule has 128 valence electrons. The van der Waals surface area contributed by atoms with Gasteiger partial charge in [-0.25, -0.2) is 0 Å². The van der Waals surface area contributed by atoms with Crippen molar-refractivity contribution in [3.05, 3.63) is 91.0 Å². The second kappa shape index (κ2) is 5.22. The van der Waals surface area contributed by atoms with Crippen LogP contribution in [0.15, 0.2) is 95.4 Å². The Bertz CT molecular complexity index is 1400. The third kappa shape index (κ3) is 1.83. The maximum atomic E-state index is 14.5. The molecule has 0 aliphatic carbocycles. The first-order valence-electron chi connectivity index (χ1n) is 8.99. The van der Waals surface area contributed by atoms with Crippen molar-refractivity contribution in [1.82, 2.24) is 0 Å². The van der Waals surface area contributed by atoms with Crippen molar-refractivity contribution in [3.8, 4) is 11.1 Å². The lowest BCUT2D eigenvalue weighted by molar-refractivity contribution is 0.593. The molecule has 1 unspecified atom stereocenters. The highest BCUT2D eigenvalue weighted by Crippen LogP contribution is 2.54. The van der Waals surface area contributed by atoms with Crippen LogP contribution in [-0.4, -0.2) is 0 Å². The molecule has 2 nitrogen and oxygen atoms in total. The summed E-state index contributed by atoms with van der Waals surface area (Å²) >= 11 is 0. The van der Waals surface area contributed by atoms with Gasteiger partial charge in [-0.2, -0.15) is 0 Å². The van der Waals surface area contributed by atoms with E-state index < -0.39 is 7.14 Å². The standard InChI is InChI=1S/C24H15O2P/c25-27(16-8-2-1-3-9-16)21-13-7-5-11-19(21)23-22(27)15-14-18-17-10-4-6-12-20(17)26-24(18)23/h1-15H. The summed E-state index contributed by atoms with van der Waals surface area (Å²) in [6.45, 7) is 0. The van der Waals surface area contributed by atoms with Gasteiger partial charge in [0.05, 0.1) is 0 Å². The van der Waals surface area contributed by atoms with Crippen molar-refractivity contribution in [1.29, 1.82) is 0 Å². The van der Waals surface area contributed by atoms with Crippen LogP contribution in [0.4, 0.5) is 0 Å². The number of furan rings is 1. The Kier molecular flexibility index (Phi) is 2.90. The Balaban J connectivity index is 1.81. The Labute approximate surface area is 156 Å². The molecular formula is C24H15O2P. The molecule has 1 aromatic heterocycles. The van der Waals surface area contributed by atoms with E-state index in [1.54, 1.807) is 0 Å². The van der Waals surface area contributed by atoms with Crippen LogP contribution in [0, 0.1) is 0 Å². The average molecular weight is 366 g/mol. The number of fused-ring (bicyclic) bond motifs is 7. The van der Waals surface area contributed by atoms with Gasteiger partial charge in [-0.15, -0.1) is 0 Å². The first-order valence-corrected chi connectivity index (χ1v) is 10.7. The van der Waals surface area contributed by atoms with Gasteiger partial charge in [0, 0.05) is 32.2 Å². The first-order chi connectivity index (χ1) is 13.3. The Morgan fingerprint density at radius 2 is 1.37 bits per heavy atom. The van der Waals surface area contributed by atoms with Crippen molar-refractivity contribution < 1.29 is 8.98 Å². The van der Waals surface area contributed by atoms with E-state index in [1.165, 1.54) is 0 Å². The van der Waals surface area contributed by atoms with E-state index in [0.717, 1.165) is 49.0 Å². The second-order valence-corrected chi connectivity index (χ2v) is 9.60. The number of hydrogen-bond acceptors (Lipinski definition) is 2. The average Bonchev–Trinajstić information content (AvgIpc) is 3.23. The van der Waals surface area contributed by atoms with Gasteiger partial charge in [0.2, 0.25) is 0 Å². The third-order valence-corrected chi connectivity index (χ3v) is 8.64. The molecule has 6 rings (SSSR count). The summed E-state index contributed by atoms with van der Waals surface area (Å²) in [5.74, 6) is 0. The van der Waals surface area contributed by atoms with Crippen LogP contribution in [0.5, 0.6) is 0 Å². The summed E-state index contributed by atoms with van der Waals surface area (Å²) in [6.07, 6.45) is 0. The number of benzene rings is 4. The number of para-hydroxylation sites is 1. The Morgan fingerprint density at radius 3 is 2.26 bits per heavy atom. The van der Waals surface area contributed by atoms with Crippen LogP contribution in [0.1, 0.15) is 0 Å². The zero-order valence-electron chi connectivity index (χ0n) is 14.4. The summed E-state index contributed by atoms with van der Waals surface area (Å²) in [5.41, 5.74) is 3.69. The summed E-state index contributed by atoms with van der Waals surface area (Å²) in [4.78, 5) is 0. The van der Waals surface area contributed by atoms with Crippen LogP contribution in [0.25, 0.3) is 33.1 Å². The predicted octanol–water partition coefficient (Wildman–Crippen LogP) is 5.21. The highest BCUT2D eigenvalue weighted by molar-refractivity contribution is 7.86.